The van der Waals surface area contributed by atoms with E-state index in [1.165, 1.54) is 61.2 Å². The number of hydrogen-bond donors (Lipinski definition) is 2. The summed E-state index contributed by atoms with van der Waals surface area (Å²) in [5, 5.41) is 15.4. The van der Waals surface area contributed by atoms with E-state index in [4.69, 9.17) is 0 Å². The number of hydrogen-bond acceptors (Lipinski definition) is 7. The van der Waals surface area contributed by atoms with E-state index in [9.17, 15) is 9.59 Å². The second-order valence-electron chi connectivity index (χ2n) is 10.2. The molecular weight excluding hydrogens is 506 g/mol. The van der Waals surface area contributed by atoms with Gasteiger partial charge < -0.3 is 10.6 Å². The summed E-state index contributed by atoms with van der Waals surface area (Å²) in [5.41, 5.74) is 2.75. The predicted octanol–water partition coefficient (Wildman–Crippen LogP) is 4.56. The van der Waals surface area contributed by atoms with Gasteiger partial charge in [-0.3, -0.25) is 19.2 Å². The van der Waals surface area contributed by atoms with Crippen molar-refractivity contribution in [3.8, 4) is 10.4 Å². The molecule has 9 nitrogen and oxygen atoms in total. The molecule has 2 aliphatic rings. The summed E-state index contributed by atoms with van der Waals surface area (Å²) in [5.74, 6) is -0.317. The van der Waals surface area contributed by atoms with Gasteiger partial charge in [0.1, 0.15) is 4.83 Å². The first kappa shape index (κ1) is 24.3. The van der Waals surface area contributed by atoms with Crippen molar-refractivity contribution in [1.29, 1.82) is 0 Å². The quantitative estimate of drug-likeness (QED) is 0.360. The highest BCUT2D eigenvalue weighted by Gasteiger charge is 2.42. The number of nitrogens with one attached hydrogen (secondary N) is 2. The molecule has 1 spiro atoms. The topological polar surface area (TPSA) is 96.6 Å². The Bertz CT molecular complexity index is 1450. The van der Waals surface area contributed by atoms with E-state index in [0.29, 0.717) is 27.5 Å². The Morgan fingerprint density at radius 3 is 2.65 bits per heavy atom. The van der Waals surface area contributed by atoms with Crippen LogP contribution >= 0.6 is 22.7 Å². The van der Waals surface area contributed by atoms with Gasteiger partial charge >= 0.3 is 0 Å². The van der Waals surface area contributed by atoms with Crippen molar-refractivity contribution in [2.75, 3.05) is 25.0 Å². The number of carbonyl (C=O) groups excluding carboxylic acids is 2. The van der Waals surface area contributed by atoms with E-state index < -0.39 is 0 Å². The minimum absolute atomic E-state index is 0.0828. The van der Waals surface area contributed by atoms with Crippen molar-refractivity contribution in [3.05, 3.63) is 46.9 Å². The summed E-state index contributed by atoms with van der Waals surface area (Å²) in [7, 11) is 1.87. The van der Waals surface area contributed by atoms with Crippen molar-refractivity contribution in [3.63, 3.8) is 0 Å². The van der Waals surface area contributed by atoms with Crippen molar-refractivity contribution in [1.82, 2.24) is 29.6 Å². The van der Waals surface area contributed by atoms with Gasteiger partial charge in [0.15, 0.2) is 0 Å². The number of fused-ring (bicyclic) bond motifs is 1. The Morgan fingerprint density at radius 1 is 1.05 bits per heavy atom. The second kappa shape index (κ2) is 9.70. The molecule has 5 heterocycles. The molecule has 1 aliphatic heterocycles. The highest BCUT2D eigenvalue weighted by Crippen LogP contribution is 2.42. The third-order valence-electron chi connectivity index (χ3n) is 7.74. The van der Waals surface area contributed by atoms with Crippen LogP contribution in [0, 0.1) is 6.92 Å². The van der Waals surface area contributed by atoms with Gasteiger partial charge in [0, 0.05) is 43.6 Å². The van der Waals surface area contributed by atoms with Gasteiger partial charge in [-0.25, -0.2) is 4.52 Å². The predicted molar refractivity (Wildman–Crippen MR) is 147 cm³/mol. The zero-order chi connectivity index (χ0) is 25.6. The molecule has 0 bridgehead atoms. The van der Waals surface area contributed by atoms with E-state index >= 15 is 0 Å². The van der Waals surface area contributed by atoms with E-state index in [1.807, 2.05) is 32.4 Å². The van der Waals surface area contributed by atoms with Gasteiger partial charge in [-0.05, 0) is 50.8 Å². The SMILES string of the molecule is Cc1cc(C(=O)NCCN2CCCC23CCCC3)sc1NC(=O)c1cnn2cc(-c3cnn(C)c3)sc12. The number of carbonyl (C=O) groups is 2. The van der Waals surface area contributed by atoms with Crippen LogP contribution < -0.4 is 10.6 Å². The number of nitrogens with zero attached hydrogens (tertiary/aromatic N) is 5. The number of amides is 2. The fourth-order valence-corrected chi connectivity index (χ4v) is 7.86. The van der Waals surface area contributed by atoms with Crippen LogP contribution in [0.1, 0.15) is 64.1 Å². The van der Waals surface area contributed by atoms with Crippen LogP contribution in [0.5, 0.6) is 0 Å². The fraction of sp³-hybridized carbons (Fsp3) is 0.462. The highest BCUT2D eigenvalue weighted by atomic mass is 32.1. The number of aromatic nitrogens is 4. The molecule has 4 aromatic heterocycles. The van der Waals surface area contributed by atoms with Gasteiger partial charge in [0.25, 0.3) is 11.8 Å². The normalized spacial score (nSPS) is 17.2. The standard InChI is InChI=1S/C26H31N7O2S2/c1-17-12-20(23(35)27-9-11-32-10-5-8-26(32)6-3-4-7-26)36-24(17)30-22(34)19-14-29-33-16-21(37-25(19)33)18-13-28-31(2)15-18/h12-16H,3-11H2,1-2H3,(H,27,35)(H,30,34). The van der Waals surface area contributed by atoms with Gasteiger partial charge in [0.2, 0.25) is 0 Å². The maximum atomic E-state index is 13.1. The molecule has 1 saturated carbocycles. The van der Waals surface area contributed by atoms with E-state index in [0.717, 1.165) is 33.9 Å². The van der Waals surface area contributed by atoms with Crippen LogP contribution in [0.4, 0.5) is 5.00 Å². The monoisotopic (exact) mass is 537 g/mol. The molecule has 194 valence electrons. The number of thiophene rings is 1. The lowest BCUT2D eigenvalue weighted by molar-refractivity contribution is 0.0936. The van der Waals surface area contributed by atoms with Crippen LogP contribution in [0.3, 0.4) is 0 Å². The molecule has 37 heavy (non-hydrogen) atoms. The fourth-order valence-electron chi connectivity index (χ4n) is 5.85. The molecule has 1 aliphatic carbocycles. The van der Waals surface area contributed by atoms with Crippen molar-refractivity contribution >= 4 is 44.3 Å². The first-order valence-electron chi connectivity index (χ1n) is 12.8. The van der Waals surface area contributed by atoms with Gasteiger partial charge in [-0.1, -0.05) is 12.8 Å². The molecule has 4 aromatic rings. The molecule has 0 unspecified atom stereocenters. The maximum absolute atomic E-state index is 13.1. The third-order valence-corrected chi connectivity index (χ3v) is 10.1. The van der Waals surface area contributed by atoms with Crippen molar-refractivity contribution < 1.29 is 9.59 Å². The van der Waals surface area contributed by atoms with Crippen molar-refractivity contribution in [2.45, 2.75) is 51.0 Å². The molecule has 0 aromatic carbocycles. The summed E-state index contributed by atoms with van der Waals surface area (Å²) >= 11 is 2.81. The van der Waals surface area contributed by atoms with Crippen LogP contribution in [0.15, 0.2) is 30.9 Å². The Morgan fingerprint density at radius 2 is 1.86 bits per heavy atom. The van der Waals surface area contributed by atoms with Gasteiger partial charge in [-0.2, -0.15) is 10.2 Å². The molecule has 2 fully saturated rings. The average Bonchev–Trinajstić information content (AvgIpc) is 3.69. The Balaban J connectivity index is 1.09. The number of aryl methyl sites for hydroxylation is 2. The number of anilines is 1. The van der Waals surface area contributed by atoms with Crippen molar-refractivity contribution in [2.24, 2.45) is 7.05 Å². The molecular formula is C26H31N7O2S2. The van der Waals surface area contributed by atoms with E-state index in [-0.39, 0.29) is 11.8 Å². The van der Waals surface area contributed by atoms with Crippen LogP contribution in [0.25, 0.3) is 15.3 Å². The van der Waals surface area contributed by atoms with E-state index in [2.05, 4.69) is 25.7 Å². The summed E-state index contributed by atoms with van der Waals surface area (Å²) in [6.45, 7) is 4.60. The summed E-state index contributed by atoms with van der Waals surface area (Å²) in [4.78, 5) is 31.0. The second-order valence-corrected chi connectivity index (χ2v) is 12.2. The molecule has 11 heteroatoms. The summed E-state index contributed by atoms with van der Waals surface area (Å²) in [6.07, 6.45) is 15.0. The first-order valence-corrected chi connectivity index (χ1v) is 14.5. The summed E-state index contributed by atoms with van der Waals surface area (Å²) < 4.78 is 3.47. The Labute approximate surface area is 223 Å². The smallest absolute Gasteiger partial charge is 0.261 e. The highest BCUT2D eigenvalue weighted by molar-refractivity contribution is 7.21. The van der Waals surface area contributed by atoms with Crippen LogP contribution in [-0.4, -0.2) is 61.3 Å². The molecule has 0 atom stereocenters. The van der Waals surface area contributed by atoms with Gasteiger partial charge in [-0.15, -0.1) is 22.7 Å². The minimum Gasteiger partial charge on any atom is -0.350 e. The lowest BCUT2D eigenvalue weighted by Crippen LogP contribution is -2.45. The molecule has 0 radical (unpaired) electrons. The third kappa shape index (κ3) is 4.60. The lowest BCUT2D eigenvalue weighted by atomic mass is 9.94. The maximum Gasteiger partial charge on any atom is 0.261 e. The molecule has 2 amide bonds. The first-order chi connectivity index (χ1) is 17.9. The average molecular weight is 538 g/mol. The summed E-state index contributed by atoms with van der Waals surface area (Å²) in [6, 6.07) is 1.85. The van der Waals surface area contributed by atoms with Gasteiger partial charge in [0.05, 0.1) is 32.7 Å². The minimum atomic E-state index is -0.234. The Hall–Kier alpha value is -3.02. The number of rotatable bonds is 7. The molecule has 2 N–H and O–H groups in total. The van der Waals surface area contributed by atoms with E-state index in [1.54, 1.807) is 21.6 Å². The molecule has 6 rings (SSSR count). The van der Waals surface area contributed by atoms with Crippen LogP contribution in [0.2, 0.25) is 0 Å². The van der Waals surface area contributed by atoms with Crippen LogP contribution in [-0.2, 0) is 7.05 Å². The largest absolute Gasteiger partial charge is 0.350 e. The molecule has 1 saturated heterocycles. The lowest BCUT2D eigenvalue weighted by Gasteiger charge is -2.35. The zero-order valence-corrected chi connectivity index (χ0v) is 22.8. The zero-order valence-electron chi connectivity index (χ0n) is 21.1. The number of likely N-dealkylation sites (tertiary alicyclic amines) is 1. The number of thiazole rings is 1. The Kier molecular flexibility index (Phi) is 6.37.